The molecule has 0 aliphatic carbocycles. The first-order valence-corrected chi connectivity index (χ1v) is 7.56. The second-order valence-electron chi connectivity index (χ2n) is 4.54. The molecule has 2 heterocycles. The minimum absolute atomic E-state index is 0.0878. The summed E-state index contributed by atoms with van der Waals surface area (Å²) in [7, 11) is 0. The van der Waals surface area contributed by atoms with E-state index in [1.165, 1.54) is 5.56 Å². The van der Waals surface area contributed by atoms with Crippen LogP contribution < -0.4 is 5.32 Å². The number of rotatable bonds is 6. The predicted octanol–water partition coefficient (Wildman–Crippen LogP) is 3.66. The van der Waals surface area contributed by atoms with E-state index in [-0.39, 0.29) is 6.04 Å². The van der Waals surface area contributed by atoms with Gasteiger partial charge in [-0.15, -0.1) is 11.3 Å². The Morgan fingerprint density at radius 3 is 2.75 bits per heavy atom. The molecule has 1 N–H and O–H groups in total. The van der Waals surface area contributed by atoms with Crippen molar-refractivity contribution in [3.8, 4) is 0 Å². The van der Waals surface area contributed by atoms with E-state index in [0.717, 1.165) is 24.4 Å². The Bertz CT molecular complexity index is 605. The number of hydrogen-bond donors (Lipinski definition) is 1. The first kappa shape index (κ1) is 13.1. The molecule has 0 spiro atoms. The summed E-state index contributed by atoms with van der Waals surface area (Å²) in [4.78, 5) is 4.30. The number of nitrogens with one attached hydrogen (secondary N) is 1. The number of benzene rings is 1. The number of nitrogens with zero attached hydrogens (tertiary/aromatic N) is 1. The van der Waals surface area contributed by atoms with Crippen molar-refractivity contribution in [1.29, 1.82) is 0 Å². The molecule has 0 saturated carbocycles. The zero-order valence-corrected chi connectivity index (χ0v) is 11.8. The van der Waals surface area contributed by atoms with E-state index < -0.39 is 0 Å². The first-order chi connectivity index (χ1) is 9.93. The summed E-state index contributed by atoms with van der Waals surface area (Å²) in [6, 6.07) is 14.4. The van der Waals surface area contributed by atoms with Gasteiger partial charge in [-0.25, -0.2) is 4.98 Å². The summed E-state index contributed by atoms with van der Waals surface area (Å²) in [6.07, 6.45) is 2.64. The normalized spacial score (nSPS) is 12.4. The van der Waals surface area contributed by atoms with Crippen LogP contribution in [-0.2, 0) is 6.42 Å². The molecule has 2 aromatic heterocycles. The van der Waals surface area contributed by atoms with Crippen molar-refractivity contribution in [1.82, 2.24) is 10.3 Å². The summed E-state index contributed by atoms with van der Waals surface area (Å²) >= 11 is 1.64. The summed E-state index contributed by atoms with van der Waals surface area (Å²) in [6.45, 7) is 0.865. The van der Waals surface area contributed by atoms with Crippen molar-refractivity contribution in [2.24, 2.45) is 0 Å². The molecule has 3 rings (SSSR count). The molecule has 3 nitrogen and oxygen atoms in total. The third kappa shape index (κ3) is 3.15. The molecule has 1 atom stereocenters. The van der Waals surface area contributed by atoms with E-state index in [4.69, 9.17) is 4.42 Å². The standard InChI is InChI=1S/C16H16N2OS/c1-2-5-13(6-3-1)16(15-7-4-10-19-15)17-9-8-14-11-20-12-18-14/h1-7,10-12,16-17H,8-9H2. The molecule has 3 aromatic rings. The Kier molecular flexibility index (Phi) is 4.25. The largest absolute Gasteiger partial charge is 0.467 e. The highest BCUT2D eigenvalue weighted by atomic mass is 32.1. The van der Waals surface area contributed by atoms with Crippen LogP contribution in [0, 0.1) is 0 Å². The van der Waals surface area contributed by atoms with Gasteiger partial charge in [0.25, 0.3) is 0 Å². The van der Waals surface area contributed by atoms with Gasteiger partial charge in [-0.2, -0.15) is 0 Å². The smallest absolute Gasteiger partial charge is 0.125 e. The van der Waals surface area contributed by atoms with Crippen LogP contribution in [0.4, 0.5) is 0 Å². The van der Waals surface area contributed by atoms with Gasteiger partial charge in [0.2, 0.25) is 0 Å². The molecule has 102 valence electrons. The van der Waals surface area contributed by atoms with Gasteiger partial charge in [-0.05, 0) is 17.7 Å². The molecule has 0 fully saturated rings. The second-order valence-corrected chi connectivity index (χ2v) is 5.26. The molecule has 4 heteroatoms. The lowest BCUT2D eigenvalue weighted by atomic mass is 10.0. The topological polar surface area (TPSA) is 38.1 Å². The van der Waals surface area contributed by atoms with Gasteiger partial charge in [-0.1, -0.05) is 30.3 Å². The zero-order valence-electron chi connectivity index (χ0n) is 11.0. The van der Waals surface area contributed by atoms with Gasteiger partial charge in [0.1, 0.15) is 5.76 Å². The average molecular weight is 284 g/mol. The molecule has 1 aromatic carbocycles. The van der Waals surface area contributed by atoms with Gasteiger partial charge in [0.05, 0.1) is 23.5 Å². The van der Waals surface area contributed by atoms with Gasteiger partial charge in [-0.3, -0.25) is 0 Å². The van der Waals surface area contributed by atoms with Crippen molar-refractivity contribution in [3.05, 3.63) is 76.6 Å². The van der Waals surface area contributed by atoms with E-state index in [9.17, 15) is 0 Å². The molecule has 1 unspecified atom stereocenters. The Labute approximate surface area is 122 Å². The zero-order chi connectivity index (χ0) is 13.6. The van der Waals surface area contributed by atoms with Crippen LogP contribution in [0.1, 0.15) is 23.1 Å². The highest BCUT2D eigenvalue weighted by Gasteiger charge is 2.15. The highest BCUT2D eigenvalue weighted by molar-refractivity contribution is 7.07. The van der Waals surface area contributed by atoms with Crippen LogP contribution in [0.2, 0.25) is 0 Å². The van der Waals surface area contributed by atoms with Gasteiger partial charge in [0, 0.05) is 18.3 Å². The highest BCUT2D eigenvalue weighted by Crippen LogP contribution is 2.22. The van der Waals surface area contributed by atoms with Crippen molar-refractivity contribution in [2.75, 3.05) is 6.54 Å². The van der Waals surface area contributed by atoms with Gasteiger partial charge in [0.15, 0.2) is 0 Å². The number of furan rings is 1. The summed E-state index contributed by atoms with van der Waals surface area (Å²) in [5, 5.41) is 5.64. The third-order valence-corrected chi connectivity index (χ3v) is 3.81. The van der Waals surface area contributed by atoms with E-state index in [1.54, 1.807) is 17.6 Å². The lowest BCUT2D eigenvalue weighted by molar-refractivity contribution is 0.447. The number of aromatic nitrogens is 1. The molecule has 20 heavy (non-hydrogen) atoms. The van der Waals surface area contributed by atoms with Crippen molar-refractivity contribution in [3.63, 3.8) is 0 Å². The van der Waals surface area contributed by atoms with Crippen LogP contribution >= 0.6 is 11.3 Å². The van der Waals surface area contributed by atoms with Crippen LogP contribution in [0.15, 0.2) is 64.0 Å². The van der Waals surface area contributed by atoms with Gasteiger partial charge < -0.3 is 9.73 Å². The predicted molar refractivity (Wildman–Crippen MR) is 80.8 cm³/mol. The van der Waals surface area contributed by atoms with Crippen LogP contribution in [0.5, 0.6) is 0 Å². The molecule has 0 saturated heterocycles. The van der Waals surface area contributed by atoms with E-state index >= 15 is 0 Å². The maximum Gasteiger partial charge on any atom is 0.125 e. The molecule has 0 aliphatic rings. The Balaban J connectivity index is 1.70. The van der Waals surface area contributed by atoms with E-state index in [2.05, 4.69) is 27.8 Å². The average Bonchev–Trinajstić information content (AvgIpc) is 3.18. The van der Waals surface area contributed by atoms with Crippen LogP contribution in [0.3, 0.4) is 0 Å². The fraction of sp³-hybridized carbons (Fsp3) is 0.188. The van der Waals surface area contributed by atoms with E-state index in [0.29, 0.717) is 0 Å². The maximum atomic E-state index is 5.56. The summed E-state index contributed by atoms with van der Waals surface area (Å²) in [5.41, 5.74) is 4.21. The van der Waals surface area contributed by atoms with Gasteiger partial charge >= 0.3 is 0 Å². The lowest BCUT2D eigenvalue weighted by Gasteiger charge is -2.16. The molecule has 0 radical (unpaired) electrons. The van der Waals surface area contributed by atoms with E-state index in [1.807, 2.05) is 35.8 Å². The quantitative estimate of drug-likeness (QED) is 0.750. The SMILES string of the molecule is c1ccc(C(NCCc2cscn2)c2ccco2)cc1. The van der Waals surface area contributed by atoms with Crippen molar-refractivity contribution < 1.29 is 4.42 Å². The van der Waals surface area contributed by atoms with Crippen molar-refractivity contribution >= 4 is 11.3 Å². The summed E-state index contributed by atoms with van der Waals surface area (Å²) < 4.78 is 5.56. The monoisotopic (exact) mass is 284 g/mol. The number of thiazole rings is 1. The molecule has 0 amide bonds. The molecule has 0 aliphatic heterocycles. The van der Waals surface area contributed by atoms with Crippen molar-refractivity contribution in [2.45, 2.75) is 12.5 Å². The molecular weight excluding hydrogens is 268 g/mol. The third-order valence-electron chi connectivity index (χ3n) is 3.17. The Morgan fingerprint density at radius 2 is 2.05 bits per heavy atom. The van der Waals surface area contributed by atoms with Crippen LogP contribution in [0.25, 0.3) is 0 Å². The number of hydrogen-bond acceptors (Lipinski definition) is 4. The fourth-order valence-corrected chi connectivity index (χ4v) is 2.78. The summed E-state index contributed by atoms with van der Waals surface area (Å²) in [5.74, 6) is 0.939. The first-order valence-electron chi connectivity index (χ1n) is 6.62. The molecule has 0 bridgehead atoms. The Hall–Kier alpha value is -1.91. The minimum atomic E-state index is 0.0878. The molecular formula is C16H16N2OS. The fourth-order valence-electron chi connectivity index (χ4n) is 2.19. The lowest BCUT2D eigenvalue weighted by Crippen LogP contribution is -2.24. The van der Waals surface area contributed by atoms with Crippen LogP contribution in [-0.4, -0.2) is 11.5 Å². The maximum absolute atomic E-state index is 5.56. The minimum Gasteiger partial charge on any atom is -0.467 e. The second kappa shape index (κ2) is 6.50. The Morgan fingerprint density at radius 1 is 1.15 bits per heavy atom.